The van der Waals surface area contributed by atoms with E-state index in [1.54, 1.807) is 0 Å². The molecule has 0 radical (unpaired) electrons. The highest BCUT2D eigenvalue weighted by atomic mass is 35.5. The Bertz CT molecular complexity index is 522. The minimum absolute atomic E-state index is 0.561. The number of halogens is 1. The van der Waals surface area contributed by atoms with Crippen molar-refractivity contribution >= 4 is 11.6 Å². The van der Waals surface area contributed by atoms with Crippen LogP contribution in [0.4, 0.5) is 0 Å². The van der Waals surface area contributed by atoms with Crippen molar-refractivity contribution in [2.45, 2.75) is 27.1 Å². The Morgan fingerprint density at radius 2 is 2.11 bits per heavy atom. The van der Waals surface area contributed by atoms with Crippen LogP contribution in [-0.2, 0) is 18.0 Å². The van der Waals surface area contributed by atoms with E-state index in [-0.39, 0.29) is 0 Å². The zero-order valence-corrected chi connectivity index (χ0v) is 12.2. The van der Waals surface area contributed by atoms with E-state index in [0.717, 1.165) is 23.7 Å². The monoisotopic (exact) mass is 279 g/mol. The molecule has 0 aliphatic heterocycles. The fourth-order valence-corrected chi connectivity index (χ4v) is 2.02. The average Bonchev–Trinajstić information content (AvgIpc) is 2.79. The zero-order chi connectivity index (χ0) is 13.7. The quantitative estimate of drug-likeness (QED) is 0.743. The van der Waals surface area contributed by atoms with Crippen LogP contribution in [0.5, 0.6) is 0 Å². The first-order valence-electron chi connectivity index (χ1n) is 6.51. The molecule has 0 amide bonds. The van der Waals surface area contributed by atoms with Crippen molar-refractivity contribution in [1.82, 2.24) is 4.57 Å². The molecule has 0 saturated carbocycles. The predicted molar refractivity (Wildman–Crippen MR) is 76.0 cm³/mol. The lowest BCUT2D eigenvalue weighted by Gasteiger charge is -2.03. The molecule has 0 spiro atoms. The molecular weight excluding hydrogens is 260 g/mol. The molecule has 102 valence electrons. The third-order valence-corrected chi connectivity index (χ3v) is 3.12. The number of hydrogen-bond acceptors (Lipinski definition) is 1. The van der Waals surface area contributed by atoms with Gasteiger partial charge < -0.3 is 4.74 Å². The SMILES string of the molecule is CC(C)COCn1cc[n+](Cc2ccccc2Cl)c1. The zero-order valence-electron chi connectivity index (χ0n) is 11.4. The van der Waals surface area contributed by atoms with E-state index in [1.165, 1.54) is 0 Å². The summed E-state index contributed by atoms with van der Waals surface area (Å²) in [6, 6.07) is 7.91. The van der Waals surface area contributed by atoms with Gasteiger partial charge in [-0.25, -0.2) is 9.13 Å². The Morgan fingerprint density at radius 1 is 1.32 bits per heavy atom. The third kappa shape index (κ3) is 4.37. The second-order valence-electron chi connectivity index (χ2n) is 5.09. The highest BCUT2D eigenvalue weighted by Gasteiger charge is 2.07. The summed E-state index contributed by atoms with van der Waals surface area (Å²) in [5.74, 6) is 0.561. The molecule has 0 atom stereocenters. The van der Waals surface area contributed by atoms with Gasteiger partial charge in [-0.2, -0.15) is 0 Å². The van der Waals surface area contributed by atoms with Crippen LogP contribution in [0.3, 0.4) is 0 Å². The first-order chi connectivity index (χ1) is 9.15. The topological polar surface area (TPSA) is 18.0 Å². The van der Waals surface area contributed by atoms with E-state index in [0.29, 0.717) is 12.6 Å². The average molecular weight is 280 g/mol. The van der Waals surface area contributed by atoms with Gasteiger partial charge in [-0.1, -0.05) is 43.6 Å². The van der Waals surface area contributed by atoms with Gasteiger partial charge in [0.05, 0.1) is 6.61 Å². The van der Waals surface area contributed by atoms with Gasteiger partial charge in [0, 0.05) is 10.6 Å². The maximum absolute atomic E-state index is 6.15. The van der Waals surface area contributed by atoms with Crippen LogP contribution in [0.25, 0.3) is 0 Å². The summed E-state index contributed by atoms with van der Waals surface area (Å²) < 4.78 is 9.72. The van der Waals surface area contributed by atoms with E-state index < -0.39 is 0 Å². The Hall–Kier alpha value is -1.32. The van der Waals surface area contributed by atoms with Crippen LogP contribution in [0.1, 0.15) is 19.4 Å². The summed E-state index contributed by atoms with van der Waals surface area (Å²) in [5, 5.41) is 0.804. The molecular formula is C15H20ClN2O+. The molecule has 1 heterocycles. The van der Waals surface area contributed by atoms with E-state index in [1.807, 2.05) is 47.6 Å². The van der Waals surface area contributed by atoms with Crippen molar-refractivity contribution in [3.05, 3.63) is 53.6 Å². The predicted octanol–water partition coefficient (Wildman–Crippen LogP) is 3.11. The molecule has 0 saturated heterocycles. The number of aromatic nitrogens is 2. The van der Waals surface area contributed by atoms with Crippen molar-refractivity contribution in [3.63, 3.8) is 0 Å². The number of benzene rings is 1. The van der Waals surface area contributed by atoms with Gasteiger partial charge in [-0.15, -0.1) is 0 Å². The lowest BCUT2D eigenvalue weighted by atomic mass is 10.2. The van der Waals surface area contributed by atoms with Gasteiger partial charge in [0.2, 0.25) is 6.33 Å². The molecule has 2 aromatic rings. The molecule has 0 N–H and O–H groups in total. The second-order valence-corrected chi connectivity index (χ2v) is 5.49. The smallest absolute Gasteiger partial charge is 0.245 e. The Labute approximate surface area is 119 Å². The van der Waals surface area contributed by atoms with Crippen LogP contribution in [0, 0.1) is 5.92 Å². The van der Waals surface area contributed by atoms with Gasteiger partial charge >= 0.3 is 0 Å². The number of hydrogen-bond donors (Lipinski definition) is 0. The lowest BCUT2D eigenvalue weighted by Crippen LogP contribution is -2.31. The van der Waals surface area contributed by atoms with E-state index in [4.69, 9.17) is 16.3 Å². The summed E-state index contributed by atoms with van der Waals surface area (Å²) in [4.78, 5) is 0. The maximum Gasteiger partial charge on any atom is 0.245 e. The highest BCUT2D eigenvalue weighted by Crippen LogP contribution is 2.14. The normalized spacial score (nSPS) is 11.2. The van der Waals surface area contributed by atoms with E-state index in [9.17, 15) is 0 Å². The van der Waals surface area contributed by atoms with Gasteiger partial charge in [-0.05, 0) is 12.0 Å². The van der Waals surface area contributed by atoms with Gasteiger partial charge in [-0.3, -0.25) is 0 Å². The largest absolute Gasteiger partial charge is 0.341 e. The molecule has 2 rings (SSSR count). The third-order valence-electron chi connectivity index (χ3n) is 2.75. The molecule has 19 heavy (non-hydrogen) atoms. The van der Waals surface area contributed by atoms with Gasteiger partial charge in [0.15, 0.2) is 6.73 Å². The maximum atomic E-state index is 6.15. The fraction of sp³-hybridized carbons (Fsp3) is 0.400. The minimum Gasteiger partial charge on any atom is -0.341 e. The summed E-state index contributed by atoms with van der Waals surface area (Å²) in [5.41, 5.74) is 1.12. The number of nitrogens with zero attached hydrogens (tertiary/aromatic N) is 2. The molecule has 1 aromatic heterocycles. The number of imidazole rings is 1. The van der Waals surface area contributed by atoms with Crippen molar-refractivity contribution in [2.24, 2.45) is 5.92 Å². The molecule has 0 aliphatic rings. The van der Waals surface area contributed by atoms with Crippen LogP contribution in [0.2, 0.25) is 5.02 Å². The standard InChI is InChI=1S/C15H20ClN2O/c1-13(2)10-19-12-18-8-7-17(11-18)9-14-5-3-4-6-15(14)16/h3-8,11,13H,9-10,12H2,1-2H3/q+1. The highest BCUT2D eigenvalue weighted by molar-refractivity contribution is 6.31. The van der Waals surface area contributed by atoms with Crippen molar-refractivity contribution in [1.29, 1.82) is 0 Å². The first-order valence-corrected chi connectivity index (χ1v) is 6.89. The van der Waals surface area contributed by atoms with E-state index in [2.05, 4.69) is 18.4 Å². The van der Waals surface area contributed by atoms with Crippen molar-refractivity contribution in [3.8, 4) is 0 Å². The molecule has 0 fully saturated rings. The number of rotatable bonds is 6. The van der Waals surface area contributed by atoms with Crippen LogP contribution < -0.4 is 4.57 Å². The van der Waals surface area contributed by atoms with Gasteiger partial charge in [0.1, 0.15) is 18.9 Å². The van der Waals surface area contributed by atoms with Crippen molar-refractivity contribution in [2.75, 3.05) is 6.61 Å². The first kappa shape index (κ1) is 14.1. The second kappa shape index (κ2) is 6.73. The van der Waals surface area contributed by atoms with Crippen LogP contribution >= 0.6 is 11.6 Å². The number of ether oxygens (including phenoxy) is 1. The molecule has 3 nitrogen and oxygen atoms in total. The van der Waals surface area contributed by atoms with Crippen molar-refractivity contribution < 1.29 is 9.30 Å². The Balaban J connectivity index is 1.92. The summed E-state index contributed by atoms with van der Waals surface area (Å²) >= 11 is 6.15. The molecule has 0 unspecified atom stereocenters. The van der Waals surface area contributed by atoms with Crippen LogP contribution in [-0.4, -0.2) is 11.2 Å². The lowest BCUT2D eigenvalue weighted by molar-refractivity contribution is -0.688. The molecule has 4 heteroatoms. The van der Waals surface area contributed by atoms with Gasteiger partial charge in [0.25, 0.3) is 0 Å². The van der Waals surface area contributed by atoms with E-state index >= 15 is 0 Å². The Morgan fingerprint density at radius 3 is 2.84 bits per heavy atom. The fourth-order valence-electron chi connectivity index (χ4n) is 1.83. The molecule has 1 aromatic carbocycles. The van der Waals surface area contributed by atoms with Crippen LogP contribution in [0.15, 0.2) is 43.0 Å². The summed E-state index contributed by atoms with van der Waals surface area (Å²) in [7, 11) is 0. The summed E-state index contributed by atoms with van der Waals surface area (Å²) in [6.07, 6.45) is 6.07. The molecule has 0 bridgehead atoms. The summed E-state index contributed by atoms with van der Waals surface area (Å²) in [6.45, 7) is 6.44. The minimum atomic E-state index is 0.561. The molecule has 0 aliphatic carbocycles. The Kier molecular flexibility index (Phi) is 5.00.